The zero-order chi connectivity index (χ0) is 20.7. The number of rotatable bonds is 8. The Balaban J connectivity index is 1.78. The molecule has 5 nitrogen and oxygen atoms in total. The summed E-state index contributed by atoms with van der Waals surface area (Å²) in [7, 11) is 0. The molecule has 3 rings (SSSR count). The molecule has 0 saturated heterocycles. The third-order valence-electron chi connectivity index (χ3n) is 5.51. The van der Waals surface area contributed by atoms with Crippen LogP contribution in [0, 0.1) is 11.3 Å². The predicted molar refractivity (Wildman–Crippen MR) is 108 cm³/mol. The number of ether oxygens (including phenoxy) is 2. The van der Waals surface area contributed by atoms with E-state index in [4.69, 9.17) is 9.47 Å². The molecule has 0 unspecified atom stereocenters. The second-order valence-corrected chi connectivity index (χ2v) is 7.59. The highest BCUT2D eigenvalue weighted by Crippen LogP contribution is 2.47. The molecule has 0 bridgehead atoms. The number of carbonyl (C=O) groups is 3. The molecule has 2 aromatic carbocycles. The van der Waals surface area contributed by atoms with Crippen molar-refractivity contribution in [1.29, 1.82) is 0 Å². The second-order valence-electron chi connectivity index (χ2n) is 7.59. The summed E-state index contributed by atoms with van der Waals surface area (Å²) in [5.41, 5.74) is 0.263. The van der Waals surface area contributed by atoms with Gasteiger partial charge in [0.05, 0.1) is 0 Å². The van der Waals surface area contributed by atoms with Crippen LogP contribution in [0.2, 0.25) is 0 Å². The van der Waals surface area contributed by atoms with Gasteiger partial charge in [-0.05, 0) is 36.8 Å². The smallest absolute Gasteiger partial charge is 0.324 e. The van der Waals surface area contributed by atoms with Gasteiger partial charge < -0.3 is 14.3 Å². The zero-order valence-corrected chi connectivity index (χ0v) is 16.6. The van der Waals surface area contributed by atoms with Gasteiger partial charge in [-0.2, -0.15) is 0 Å². The Kier molecular flexibility index (Phi) is 6.81. The molecule has 0 aromatic heterocycles. The summed E-state index contributed by atoms with van der Waals surface area (Å²) >= 11 is 0. The lowest BCUT2D eigenvalue weighted by Crippen LogP contribution is -2.45. The van der Waals surface area contributed by atoms with Crippen LogP contribution < -0.4 is 0 Å². The van der Waals surface area contributed by atoms with Crippen molar-refractivity contribution in [2.24, 2.45) is 11.3 Å². The van der Waals surface area contributed by atoms with Crippen molar-refractivity contribution in [1.82, 2.24) is 0 Å². The van der Waals surface area contributed by atoms with E-state index in [0.29, 0.717) is 19.3 Å². The quantitative estimate of drug-likeness (QED) is 0.495. The Bertz CT molecular complexity index is 789. The monoisotopic (exact) mass is 394 g/mol. The molecule has 0 amide bonds. The predicted octanol–water partition coefficient (Wildman–Crippen LogP) is 4.24. The third kappa shape index (κ3) is 4.91. The number of esters is 2. The van der Waals surface area contributed by atoms with Crippen LogP contribution in [-0.4, -0.2) is 17.7 Å². The van der Waals surface area contributed by atoms with Crippen molar-refractivity contribution in [3.05, 3.63) is 71.8 Å². The fourth-order valence-electron chi connectivity index (χ4n) is 4.03. The Morgan fingerprint density at radius 2 is 1.34 bits per heavy atom. The fraction of sp³-hybridized carbons (Fsp3) is 0.375. The van der Waals surface area contributed by atoms with E-state index in [1.54, 1.807) is 0 Å². The van der Waals surface area contributed by atoms with Crippen LogP contribution in [-0.2, 0) is 37.1 Å². The molecule has 0 radical (unpaired) electrons. The Morgan fingerprint density at radius 3 is 1.79 bits per heavy atom. The van der Waals surface area contributed by atoms with Gasteiger partial charge in [-0.25, -0.2) is 0 Å². The first-order valence-corrected chi connectivity index (χ1v) is 9.94. The number of Topliss-reactive ketones (excluding diaryl/α,β-unsaturated/α-hetero) is 1. The van der Waals surface area contributed by atoms with Crippen molar-refractivity contribution in [3.63, 3.8) is 0 Å². The van der Waals surface area contributed by atoms with Crippen LogP contribution in [0.25, 0.3) is 0 Å². The first kappa shape index (κ1) is 20.8. The number of carbonyl (C=O) groups excluding carboxylic acids is 3. The van der Waals surface area contributed by atoms with Crippen LogP contribution in [0.3, 0.4) is 0 Å². The Labute approximate surface area is 171 Å². The summed E-state index contributed by atoms with van der Waals surface area (Å²) in [5.74, 6) is -1.63. The summed E-state index contributed by atoms with van der Waals surface area (Å²) in [5, 5.41) is 0. The molecule has 0 aliphatic heterocycles. The molecule has 1 aliphatic rings. The summed E-state index contributed by atoms with van der Waals surface area (Å²) in [6, 6.07) is 18.6. The first-order chi connectivity index (χ1) is 14.0. The largest absolute Gasteiger partial charge is 0.460 e. The third-order valence-corrected chi connectivity index (χ3v) is 5.51. The van der Waals surface area contributed by atoms with E-state index in [2.05, 4.69) is 0 Å². The maximum Gasteiger partial charge on any atom is 0.324 e. The molecule has 29 heavy (non-hydrogen) atoms. The standard InChI is InChI=1S/C24H26O5/c1-18(25)15-21-13-8-14-24(21,22(26)28-16-19-9-4-2-5-10-19)23(27)29-17-20-11-6-3-7-12-20/h2-7,9-12,21H,8,13-17H2,1H3/t21-/m0/s1. The number of ketones is 1. The van der Waals surface area contributed by atoms with Gasteiger partial charge in [-0.15, -0.1) is 0 Å². The van der Waals surface area contributed by atoms with Gasteiger partial charge in [0.15, 0.2) is 5.41 Å². The van der Waals surface area contributed by atoms with Gasteiger partial charge in [0.1, 0.15) is 19.0 Å². The molecule has 2 aromatic rings. The van der Waals surface area contributed by atoms with Crippen LogP contribution >= 0.6 is 0 Å². The number of hydrogen-bond acceptors (Lipinski definition) is 5. The minimum absolute atomic E-state index is 0.0482. The van der Waals surface area contributed by atoms with Crippen LogP contribution in [0.4, 0.5) is 0 Å². The topological polar surface area (TPSA) is 69.7 Å². The molecule has 1 atom stereocenters. The van der Waals surface area contributed by atoms with E-state index in [-0.39, 0.29) is 25.4 Å². The second kappa shape index (κ2) is 9.50. The van der Waals surface area contributed by atoms with Gasteiger partial charge in [-0.3, -0.25) is 9.59 Å². The highest BCUT2D eigenvalue weighted by molar-refractivity contribution is 6.01. The lowest BCUT2D eigenvalue weighted by Gasteiger charge is -2.30. The van der Waals surface area contributed by atoms with Crippen molar-refractivity contribution in [2.45, 2.75) is 45.8 Å². The summed E-state index contributed by atoms with van der Waals surface area (Å²) in [6.45, 7) is 1.65. The lowest BCUT2D eigenvalue weighted by molar-refractivity contribution is -0.177. The van der Waals surface area contributed by atoms with Gasteiger partial charge in [0, 0.05) is 6.42 Å². The summed E-state index contributed by atoms with van der Waals surface area (Å²) < 4.78 is 11.1. The minimum Gasteiger partial charge on any atom is -0.460 e. The van der Waals surface area contributed by atoms with E-state index in [1.165, 1.54) is 6.92 Å². The molecule has 0 heterocycles. The molecular weight excluding hydrogens is 368 g/mol. The van der Waals surface area contributed by atoms with Gasteiger partial charge >= 0.3 is 11.9 Å². The van der Waals surface area contributed by atoms with Crippen molar-refractivity contribution in [2.75, 3.05) is 0 Å². The summed E-state index contributed by atoms with van der Waals surface area (Å²) in [4.78, 5) is 38.1. The molecule has 152 valence electrons. The average Bonchev–Trinajstić information content (AvgIpc) is 3.15. The molecule has 5 heteroatoms. The summed E-state index contributed by atoms with van der Waals surface area (Å²) in [6.07, 6.45) is 1.81. The normalized spacial score (nSPS) is 17.5. The van der Waals surface area contributed by atoms with Crippen LogP contribution in [0.5, 0.6) is 0 Å². The minimum atomic E-state index is -1.42. The average molecular weight is 394 g/mol. The van der Waals surface area contributed by atoms with Crippen LogP contribution in [0.15, 0.2) is 60.7 Å². The van der Waals surface area contributed by atoms with E-state index in [9.17, 15) is 14.4 Å². The fourth-order valence-corrected chi connectivity index (χ4v) is 4.03. The zero-order valence-electron chi connectivity index (χ0n) is 16.6. The molecule has 1 fully saturated rings. The molecule has 0 spiro atoms. The molecular formula is C24H26O5. The SMILES string of the molecule is CC(=O)C[C@@H]1CCCC1(C(=O)OCc1ccccc1)C(=O)OCc1ccccc1. The maximum atomic E-state index is 13.2. The van der Waals surface area contributed by atoms with Crippen LogP contribution in [0.1, 0.15) is 43.7 Å². The Morgan fingerprint density at radius 1 is 0.862 bits per heavy atom. The van der Waals surface area contributed by atoms with E-state index >= 15 is 0 Å². The van der Waals surface area contributed by atoms with Gasteiger partial charge in [0.2, 0.25) is 0 Å². The van der Waals surface area contributed by atoms with Crippen molar-refractivity contribution in [3.8, 4) is 0 Å². The maximum absolute atomic E-state index is 13.2. The lowest BCUT2D eigenvalue weighted by atomic mass is 9.75. The van der Waals surface area contributed by atoms with Gasteiger partial charge in [0.25, 0.3) is 0 Å². The Hall–Kier alpha value is -2.95. The molecule has 1 saturated carbocycles. The van der Waals surface area contributed by atoms with E-state index < -0.39 is 23.3 Å². The number of benzene rings is 2. The van der Waals surface area contributed by atoms with Crippen molar-refractivity contribution >= 4 is 17.7 Å². The van der Waals surface area contributed by atoms with E-state index in [1.807, 2.05) is 60.7 Å². The number of hydrogen-bond donors (Lipinski definition) is 0. The molecule has 0 N–H and O–H groups in total. The highest BCUT2D eigenvalue weighted by Gasteiger charge is 2.57. The van der Waals surface area contributed by atoms with Crippen molar-refractivity contribution < 1.29 is 23.9 Å². The highest BCUT2D eigenvalue weighted by atomic mass is 16.6. The first-order valence-electron chi connectivity index (χ1n) is 9.94. The van der Waals surface area contributed by atoms with E-state index in [0.717, 1.165) is 11.1 Å². The van der Waals surface area contributed by atoms with Gasteiger partial charge in [-0.1, -0.05) is 67.1 Å². The molecule has 1 aliphatic carbocycles.